The highest BCUT2D eigenvalue weighted by Gasteiger charge is 2.19. The number of carbonyl (C=O) groups excluding carboxylic acids is 1. The molecule has 0 bridgehead atoms. The van der Waals surface area contributed by atoms with E-state index in [1.54, 1.807) is 12.4 Å². The zero-order chi connectivity index (χ0) is 13.8. The summed E-state index contributed by atoms with van der Waals surface area (Å²) in [6.45, 7) is 2.00. The number of hydrogen-bond donors (Lipinski definition) is 3. The van der Waals surface area contributed by atoms with Crippen molar-refractivity contribution < 1.29 is 9.90 Å². The van der Waals surface area contributed by atoms with Crippen molar-refractivity contribution in [3.8, 4) is 0 Å². The van der Waals surface area contributed by atoms with Crippen molar-refractivity contribution in [3.05, 3.63) is 17.3 Å². The van der Waals surface area contributed by atoms with E-state index in [2.05, 4.69) is 15.3 Å². The second-order valence-electron chi connectivity index (χ2n) is 4.15. The molecule has 0 aliphatic carbocycles. The second kappa shape index (κ2) is 5.94. The van der Waals surface area contributed by atoms with Crippen molar-refractivity contribution in [1.82, 2.24) is 15.3 Å². The Morgan fingerprint density at radius 2 is 2.26 bits per heavy atom. The summed E-state index contributed by atoms with van der Waals surface area (Å²) in [5, 5.41) is 11.8. The van der Waals surface area contributed by atoms with Gasteiger partial charge in [-0.05, 0) is 12.8 Å². The third-order valence-corrected chi connectivity index (χ3v) is 3.98. The van der Waals surface area contributed by atoms with Gasteiger partial charge in [-0.15, -0.1) is 11.3 Å². The third-order valence-electron chi connectivity index (χ3n) is 2.87. The van der Waals surface area contributed by atoms with E-state index in [-0.39, 0.29) is 18.6 Å². The molecule has 1 amide bonds. The molecule has 0 spiro atoms. The fourth-order valence-corrected chi connectivity index (χ4v) is 2.72. The molecule has 0 radical (unpaired) electrons. The fraction of sp³-hybridized carbons (Fsp3) is 0.417. The minimum absolute atomic E-state index is 0.0454. The first-order chi connectivity index (χ1) is 9.17. The smallest absolute Gasteiger partial charge is 0.263 e. The Bertz CT molecular complexity index is 584. The van der Waals surface area contributed by atoms with Crippen molar-refractivity contribution in [2.24, 2.45) is 0 Å². The van der Waals surface area contributed by atoms with Crippen LogP contribution in [0.4, 0.5) is 5.69 Å². The van der Waals surface area contributed by atoms with Crippen LogP contribution in [-0.2, 0) is 0 Å². The van der Waals surface area contributed by atoms with Gasteiger partial charge in [-0.3, -0.25) is 4.79 Å². The van der Waals surface area contributed by atoms with Gasteiger partial charge in [0.05, 0.1) is 5.69 Å². The number of nitrogens with zero attached hydrogens (tertiary/aromatic N) is 2. The molecule has 0 saturated heterocycles. The number of anilines is 1. The lowest BCUT2D eigenvalue weighted by molar-refractivity contribution is 0.0934. The van der Waals surface area contributed by atoms with Gasteiger partial charge in [0, 0.05) is 25.0 Å². The lowest BCUT2D eigenvalue weighted by Gasteiger charge is -2.15. The number of aromatic nitrogens is 2. The van der Waals surface area contributed by atoms with E-state index in [4.69, 9.17) is 10.8 Å². The molecule has 2 rings (SSSR count). The average Bonchev–Trinajstić information content (AvgIpc) is 2.76. The molecule has 2 aromatic rings. The molecule has 0 fully saturated rings. The van der Waals surface area contributed by atoms with Crippen LogP contribution < -0.4 is 11.1 Å². The highest BCUT2D eigenvalue weighted by atomic mass is 32.1. The van der Waals surface area contributed by atoms with Crippen LogP contribution in [0.15, 0.2) is 12.4 Å². The Labute approximate surface area is 114 Å². The van der Waals surface area contributed by atoms with Gasteiger partial charge >= 0.3 is 0 Å². The van der Waals surface area contributed by atoms with Crippen molar-refractivity contribution in [1.29, 1.82) is 0 Å². The first kappa shape index (κ1) is 13.7. The summed E-state index contributed by atoms with van der Waals surface area (Å²) in [6, 6.07) is -0.0527. The van der Waals surface area contributed by atoms with Gasteiger partial charge in [-0.1, -0.05) is 6.92 Å². The summed E-state index contributed by atoms with van der Waals surface area (Å²) in [4.78, 5) is 21.5. The molecule has 6 nitrogen and oxygen atoms in total. The summed E-state index contributed by atoms with van der Waals surface area (Å²) in [5.41, 5.74) is 6.86. The van der Waals surface area contributed by atoms with Crippen molar-refractivity contribution in [2.45, 2.75) is 25.8 Å². The maximum Gasteiger partial charge on any atom is 0.263 e. The molecule has 1 unspecified atom stereocenters. The number of aliphatic hydroxyl groups excluding tert-OH is 1. The van der Waals surface area contributed by atoms with Crippen LogP contribution in [0, 0.1) is 0 Å². The molecule has 19 heavy (non-hydrogen) atoms. The number of aliphatic hydroxyl groups is 1. The first-order valence-electron chi connectivity index (χ1n) is 6.08. The van der Waals surface area contributed by atoms with Crippen LogP contribution in [0.2, 0.25) is 0 Å². The van der Waals surface area contributed by atoms with Gasteiger partial charge in [-0.25, -0.2) is 9.97 Å². The quantitative estimate of drug-likeness (QED) is 0.763. The Balaban J connectivity index is 2.24. The lowest BCUT2D eigenvalue weighted by Crippen LogP contribution is -2.34. The molecular weight excluding hydrogens is 264 g/mol. The van der Waals surface area contributed by atoms with Crippen molar-refractivity contribution >= 4 is 33.3 Å². The lowest BCUT2D eigenvalue weighted by atomic mass is 10.1. The van der Waals surface area contributed by atoms with Gasteiger partial charge < -0.3 is 16.2 Å². The maximum atomic E-state index is 12.2. The van der Waals surface area contributed by atoms with Gasteiger partial charge in [-0.2, -0.15) is 0 Å². The topological polar surface area (TPSA) is 101 Å². The van der Waals surface area contributed by atoms with E-state index in [0.29, 0.717) is 27.3 Å². The molecule has 1 atom stereocenters. The van der Waals surface area contributed by atoms with E-state index in [1.807, 2.05) is 6.92 Å². The molecular formula is C12H16N4O2S. The molecule has 0 saturated carbocycles. The predicted octanol–water partition coefficient (Wildman–Crippen LogP) is 1.16. The highest BCUT2D eigenvalue weighted by molar-refractivity contribution is 7.21. The summed E-state index contributed by atoms with van der Waals surface area (Å²) < 4.78 is 0. The summed E-state index contributed by atoms with van der Waals surface area (Å²) >= 11 is 1.23. The number of carbonyl (C=O) groups is 1. The molecule has 0 aliphatic rings. The van der Waals surface area contributed by atoms with E-state index in [1.165, 1.54) is 11.3 Å². The minimum Gasteiger partial charge on any atom is -0.396 e. The number of nitrogen functional groups attached to an aromatic ring is 1. The van der Waals surface area contributed by atoms with Crippen LogP contribution in [0.3, 0.4) is 0 Å². The fourth-order valence-electron chi connectivity index (χ4n) is 1.80. The minimum atomic E-state index is -0.234. The molecule has 4 N–H and O–H groups in total. The first-order valence-corrected chi connectivity index (χ1v) is 6.89. The summed E-state index contributed by atoms with van der Waals surface area (Å²) in [5.74, 6) is -0.234. The van der Waals surface area contributed by atoms with E-state index in [0.717, 1.165) is 6.42 Å². The van der Waals surface area contributed by atoms with Crippen LogP contribution in [0.25, 0.3) is 10.3 Å². The van der Waals surface area contributed by atoms with Gasteiger partial charge in [0.1, 0.15) is 15.2 Å². The van der Waals surface area contributed by atoms with Crippen molar-refractivity contribution in [2.75, 3.05) is 12.3 Å². The summed E-state index contributed by atoms with van der Waals surface area (Å²) in [7, 11) is 0. The van der Waals surface area contributed by atoms with Crippen molar-refractivity contribution in [3.63, 3.8) is 0 Å². The zero-order valence-electron chi connectivity index (χ0n) is 10.6. The number of hydrogen-bond acceptors (Lipinski definition) is 6. The van der Waals surface area contributed by atoms with Gasteiger partial charge in [0.25, 0.3) is 5.91 Å². The highest BCUT2D eigenvalue weighted by Crippen LogP contribution is 2.30. The SMILES string of the molecule is CCC(CCO)NC(=O)c1sc2nccnc2c1N. The maximum absolute atomic E-state index is 12.2. The molecule has 0 aliphatic heterocycles. The van der Waals surface area contributed by atoms with Gasteiger partial charge in [0.2, 0.25) is 0 Å². The van der Waals surface area contributed by atoms with E-state index >= 15 is 0 Å². The monoisotopic (exact) mass is 280 g/mol. The number of fused-ring (bicyclic) bond motifs is 1. The number of thiophene rings is 1. The van der Waals surface area contributed by atoms with Crippen LogP contribution in [-0.4, -0.2) is 33.6 Å². The number of rotatable bonds is 5. The Morgan fingerprint density at radius 1 is 1.53 bits per heavy atom. The standard InChI is InChI=1S/C12H16N4O2S/c1-2-7(3-6-17)16-11(18)10-8(13)9-12(19-10)15-5-4-14-9/h4-5,7,17H,2-3,6,13H2,1H3,(H,16,18). The average molecular weight is 280 g/mol. The molecule has 2 aromatic heterocycles. The third kappa shape index (κ3) is 2.82. The molecule has 2 heterocycles. The predicted molar refractivity (Wildman–Crippen MR) is 75.1 cm³/mol. The zero-order valence-corrected chi connectivity index (χ0v) is 11.4. The Kier molecular flexibility index (Phi) is 4.28. The summed E-state index contributed by atoms with van der Waals surface area (Å²) in [6.07, 6.45) is 4.41. The molecule has 0 aromatic carbocycles. The van der Waals surface area contributed by atoms with Crippen LogP contribution >= 0.6 is 11.3 Å². The number of nitrogens with one attached hydrogen (secondary N) is 1. The van der Waals surface area contributed by atoms with Crippen LogP contribution in [0.1, 0.15) is 29.4 Å². The van der Waals surface area contributed by atoms with E-state index in [9.17, 15) is 4.79 Å². The Morgan fingerprint density at radius 3 is 2.89 bits per heavy atom. The number of nitrogens with two attached hydrogens (primary N) is 1. The molecule has 102 valence electrons. The number of amides is 1. The largest absolute Gasteiger partial charge is 0.396 e. The second-order valence-corrected chi connectivity index (χ2v) is 5.14. The normalized spacial score (nSPS) is 12.5. The molecule has 7 heteroatoms. The van der Waals surface area contributed by atoms with Gasteiger partial charge in [0.15, 0.2) is 0 Å². The van der Waals surface area contributed by atoms with E-state index < -0.39 is 0 Å². The Hall–Kier alpha value is -1.73. The van der Waals surface area contributed by atoms with Crippen LogP contribution in [0.5, 0.6) is 0 Å².